The lowest BCUT2D eigenvalue weighted by Gasteiger charge is -2.75. The first-order chi connectivity index (χ1) is 43.5. The van der Waals surface area contributed by atoms with Crippen molar-refractivity contribution in [2.24, 2.45) is 115 Å². The highest BCUT2D eigenvalue weighted by molar-refractivity contribution is 8.76. The Bertz CT molecular complexity index is 3520. The van der Waals surface area contributed by atoms with Crippen LogP contribution in [-0.2, 0) is 26.3 Å². The molecular weight excluding hydrogens is 1140 g/mol. The van der Waals surface area contributed by atoms with E-state index in [1.54, 1.807) is 22.4 Å². The summed E-state index contributed by atoms with van der Waals surface area (Å²) in [6.07, 6.45) is 40.7. The van der Waals surface area contributed by atoms with Crippen LogP contribution in [0.25, 0.3) is 0 Å². The Morgan fingerprint density at radius 3 is 2.53 bits per heavy atom. The van der Waals surface area contributed by atoms with Gasteiger partial charge in [-0.2, -0.15) is 0 Å². The summed E-state index contributed by atoms with van der Waals surface area (Å²) in [5, 5.41) is 14.7. The van der Waals surface area contributed by atoms with Crippen molar-refractivity contribution in [1.82, 2.24) is 9.80 Å². The van der Waals surface area contributed by atoms with Gasteiger partial charge in [0.05, 0.1) is 11.0 Å². The first kappa shape index (κ1) is 55.2. The van der Waals surface area contributed by atoms with Crippen molar-refractivity contribution in [3.63, 3.8) is 0 Å². The van der Waals surface area contributed by atoms with E-state index in [0.717, 1.165) is 67.6 Å². The van der Waals surface area contributed by atoms with Crippen molar-refractivity contribution < 1.29 is 24.2 Å². The van der Waals surface area contributed by atoms with E-state index >= 15 is 9.59 Å². The smallest absolute Gasteiger partial charge is 0.339 e. The number of hydrogen-bond donors (Lipinski definition) is 2. The van der Waals surface area contributed by atoms with Gasteiger partial charge in [0.25, 0.3) is 0 Å². The lowest BCUT2D eigenvalue weighted by molar-refractivity contribution is -0.284. The van der Waals surface area contributed by atoms with Gasteiger partial charge >= 0.3 is 11.9 Å². The van der Waals surface area contributed by atoms with Crippen LogP contribution in [0.5, 0.6) is 0 Å². The molecule has 1 aromatic rings. The number of rotatable bonds is 3. The van der Waals surface area contributed by atoms with E-state index in [1.165, 1.54) is 165 Å². The van der Waals surface area contributed by atoms with Crippen molar-refractivity contribution in [2.45, 2.75) is 236 Å². The molecule has 11 fully saturated rings. The fraction of sp³-hybridized carbons (Fsp3) is 0.772. The van der Waals surface area contributed by atoms with E-state index in [4.69, 9.17) is 15.2 Å². The normalized spacial score (nSPS) is 50.6. The predicted octanol–water partition coefficient (Wildman–Crippen LogP) is 16.1. The number of hydrogen-bond acceptors (Lipinski definition) is 10. The summed E-state index contributed by atoms with van der Waals surface area (Å²) in [6, 6.07) is 7.56. The zero-order valence-electron chi connectivity index (χ0n) is 53.5. The Kier molecular flexibility index (Phi) is 11.6. The molecule has 3 N–H and O–H groups in total. The maximum absolute atomic E-state index is 17.5. The number of aliphatic hydroxyl groups excluding tert-OH is 1. The van der Waals surface area contributed by atoms with Gasteiger partial charge in [0.2, 0.25) is 0 Å². The van der Waals surface area contributed by atoms with E-state index in [9.17, 15) is 5.11 Å². The summed E-state index contributed by atoms with van der Waals surface area (Å²) in [5.41, 5.74) is 15.3. The highest BCUT2D eigenvalue weighted by Crippen LogP contribution is 2.90. The average molecular weight is 1230 g/mol. The van der Waals surface area contributed by atoms with Gasteiger partial charge in [-0.3, -0.25) is 9.69 Å². The second kappa shape index (κ2) is 18.7. The number of fused-ring (bicyclic) bond motifs is 12. The van der Waals surface area contributed by atoms with Crippen LogP contribution in [-0.4, -0.2) is 76.1 Å². The zero-order chi connectivity index (χ0) is 59.0. The van der Waals surface area contributed by atoms with Gasteiger partial charge in [0.1, 0.15) is 11.2 Å². The Morgan fingerprint density at radius 1 is 0.809 bits per heavy atom. The molecule has 3 saturated heterocycles. The molecule has 8 heterocycles. The second-order valence-corrected chi connectivity index (χ2v) is 37.8. The molecule has 21 atom stereocenters. The third-order valence-electron chi connectivity index (χ3n) is 33.6. The number of aryl methyl sites for hydroxylation is 1. The molecule has 21 rings (SSSR count). The molecule has 0 unspecified atom stereocenters. The lowest BCUT2D eigenvalue weighted by atomic mass is 9.26. The maximum Gasteiger partial charge on any atom is 0.339 e. The number of ether oxygens (including phenoxy) is 2. The number of nitrogens with zero attached hydrogens (tertiary/aromatic N) is 2. The van der Waals surface area contributed by atoms with Gasteiger partial charge < -0.3 is 25.2 Å². The molecule has 0 amide bonds. The minimum absolute atomic E-state index is 0.0699. The van der Waals surface area contributed by atoms with Gasteiger partial charge in [-0.05, 0) is 240 Å². The molecule has 14 bridgehead atoms. The highest BCUT2D eigenvalue weighted by atomic mass is 33.1. The van der Waals surface area contributed by atoms with Crippen LogP contribution in [0.1, 0.15) is 227 Å². The molecule has 8 aliphatic heterocycles. The second-order valence-electron chi connectivity index (χ2n) is 35.3. The third kappa shape index (κ3) is 6.32. The SMILES string of the molecule is C[C@H]1CC2=C3[C@@H]4C5=C6[C@@H]7C[C@@]41C[C@@H]1CSSC[C@H]4[C@H](CCCC48CCCC8)[C@H](C=C17)C[C@H]1[C@]64C(=O)O/C(=C(\O)C[C@@H]6[C@H]7CC8(CCCC8)[C@@]8(CCC[C@]89CCC[C@@H]9C#CC[C@@H]8[C@H]9C[C@@H](CN86)[C@H](CC2)N3C9)C7)[C@@]4(CC5)[C@]12OC(=O)c1c(CCCN)cccc12. The summed E-state index contributed by atoms with van der Waals surface area (Å²) in [5.74, 6) is 15.7. The molecular formula is C79H99N3O5S2. The van der Waals surface area contributed by atoms with Crippen molar-refractivity contribution >= 4 is 33.5 Å². The Hall–Kier alpha value is -3.10. The third-order valence-corrected chi connectivity index (χ3v) is 36.1. The molecule has 8 spiro atoms. The van der Waals surface area contributed by atoms with Crippen LogP contribution in [0.3, 0.4) is 0 Å². The van der Waals surface area contributed by atoms with E-state index < -0.39 is 16.4 Å². The molecule has 10 heteroatoms. The number of piperidine rings is 2. The minimum Gasteiger partial charge on any atom is -0.509 e. The Morgan fingerprint density at radius 2 is 1.64 bits per heavy atom. The van der Waals surface area contributed by atoms with Gasteiger partial charge in [-0.25, -0.2) is 4.79 Å². The number of nitrogens with two attached hydrogens (primary N) is 1. The molecule has 1 aromatic carbocycles. The Balaban J connectivity index is 0.850. The van der Waals surface area contributed by atoms with Crippen LogP contribution in [0, 0.1) is 121 Å². The molecule has 12 aliphatic carbocycles. The van der Waals surface area contributed by atoms with Crippen LogP contribution < -0.4 is 5.73 Å². The fourth-order valence-corrected chi connectivity index (χ4v) is 34.2. The highest BCUT2D eigenvalue weighted by Gasteiger charge is 2.95. The maximum atomic E-state index is 17.5. The number of esters is 2. The van der Waals surface area contributed by atoms with E-state index in [-0.39, 0.29) is 52.5 Å². The first-order valence-electron chi connectivity index (χ1n) is 37.6. The fourth-order valence-electron chi connectivity index (χ4n) is 31.3. The molecule has 0 aromatic heterocycles. The summed E-state index contributed by atoms with van der Waals surface area (Å²) in [6.45, 7) is 5.45. The number of allylic oxidation sites excluding steroid dienone is 4. The molecule has 8 nitrogen and oxygen atoms in total. The van der Waals surface area contributed by atoms with Crippen molar-refractivity contribution in [3.8, 4) is 11.8 Å². The quantitative estimate of drug-likeness (QED) is 0.132. The average Bonchev–Trinajstić information content (AvgIpc) is 1.54. The van der Waals surface area contributed by atoms with E-state index in [0.29, 0.717) is 113 Å². The van der Waals surface area contributed by atoms with Crippen LogP contribution in [0.4, 0.5) is 0 Å². The van der Waals surface area contributed by atoms with E-state index in [2.05, 4.69) is 74.4 Å². The summed E-state index contributed by atoms with van der Waals surface area (Å²) < 4.78 is 15.5. The monoisotopic (exact) mass is 1230 g/mol. The van der Waals surface area contributed by atoms with Crippen LogP contribution in [0.15, 0.2) is 63.8 Å². The topological polar surface area (TPSA) is 105 Å². The van der Waals surface area contributed by atoms with E-state index in [1.807, 2.05) is 0 Å². The summed E-state index contributed by atoms with van der Waals surface area (Å²) in [4.78, 5) is 39.8. The van der Waals surface area contributed by atoms with Gasteiger partial charge in [-0.15, -0.1) is 5.92 Å². The minimum atomic E-state index is -1.18. The molecule has 8 saturated carbocycles. The van der Waals surface area contributed by atoms with Crippen molar-refractivity contribution in [3.05, 3.63) is 80.5 Å². The number of carbonyl (C=O) groups excluding carboxylic acids is 2. The van der Waals surface area contributed by atoms with Crippen molar-refractivity contribution in [1.29, 1.82) is 0 Å². The molecule has 20 aliphatic rings. The standard InChI is InChI=1S/C79H99N3O5S2/c1-45-32-47-19-20-61-49-33-50-42-82(61)68(47)67-55-21-30-77-69(63(83)36-62-51-37-73(25-4-5-26-73)76(39-51)29-11-28-75(76)27-8-15-53(75)14-7-18-60(50)81(62)41-49)86-71(85)78(77)64(79(77)58-17-6-12-46(13-10-31-80)65(58)70(84)87-79)35-48-34-56-52(38-74(45,67)40-57(56)66(55)78)43-88-89-44-59-54(48)16-9-24-72(59)22-2-3-23-72/h6,12,17,34,45,48-54,57,59-62,64,67,83H,2-5,8-11,13,15-16,18-33,35-44,80H2,1H3/b56-34?,69-63-/t45-,48+,49-,50-,51-,52+,53-,54+,57+,59-,60+,61-,62+,64-,67-,74+,75-,76+,77+,78+,79+/m0/s1. The number of carbonyl (C=O) groups is 2. The lowest BCUT2D eigenvalue weighted by Crippen LogP contribution is -2.78. The first-order valence-corrected chi connectivity index (χ1v) is 40.1. The van der Waals surface area contributed by atoms with Gasteiger partial charge in [-0.1, -0.05) is 120 Å². The molecule has 89 heavy (non-hydrogen) atoms. The molecule has 0 radical (unpaired) electrons. The largest absolute Gasteiger partial charge is 0.509 e. The van der Waals surface area contributed by atoms with Crippen LogP contribution in [0.2, 0.25) is 0 Å². The van der Waals surface area contributed by atoms with Gasteiger partial charge in [0, 0.05) is 90.5 Å². The molecule has 472 valence electrons. The van der Waals surface area contributed by atoms with Gasteiger partial charge in [0.15, 0.2) is 11.4 Å². The zero-order valence-corrected chi connectivity index (χ0v) is 55.1. The number of benzene rings is 1. The van der Waals surface area contributed by atoms with Crippen LogP contribution >= 0.6 is 21.6 Å². The predicted molar refractivity (Wildman–Crippen MR) is 349 cm³/mol. The number of aliphatic hydroxyl groups is 1. The van der Waals surface area contributed by atoms with Crippen molar-refractivity contribution in [2.75, 3.05) is 31.1 Å². The summed E-state index contributed by atoms with van der Waals surface area (Å²) in [7, 11) is 4.47. The summed E-state index contributed by atoms with van der Waals surface area (Å²) >= 11 is 0. The Labute approximate surface area is 538 Å².